The van der Waals surface area contributed by atoms with E-state index >= 15 is 0 Å². The Morgan fingerprint density at radius 2 is 1.37 bits per heavy atom. The van der Waals surface area contributed by atoms with E-state index in [0.717, 1.165) is 0 Å². The summed E-state index contributed by atoms with van der Waals surface area (Å²) in [5, 5.41) is 10.3. The number of aliphatic hydroxyl groups excluding tert-OH is 1. The number of carbonyl (C=O) groups excluding carboxylic acids is 1. The monoisotopic (exact) mass is 254 g/mol. The van der Waals surface area contributed by atoms with Crippen LogP contribution in [-0.2, 0) is 9.53 Å². The minimum Gasteiger partial charge on any atom is -0.506 e. The molecule has 0 saturated heterocycles. The van der Waals surface area contributed by atoms with Crippen LogP contribution in [0.2, 0.25) is 0 Å². The molecule has 0 radical (unpaired) electrons. The van der Waals surface area contributed by atoms with Gasteiger partial charge in [-0.1, -0.05) is 60.7 Å². The van der Waals surface area contributed by atoms with Crippen LogP contribution in [0.4, 0.5) is 0 Å². The summed E-state index contributed by atoms with van der Waals surface area (Å²) in [7, 11) is 1.30. The molecule has 0 aliphatic heterocycles. The normalized spacial score (nSPS) is 11.6. The number of hydrogen-bond acceptors (Lipinski definition) is 3. The lowest BCUT2D eigenvalue weighted by Gasteiger charge is -2.09. The molecule has 19 heavy (non-hydrogen) atoms. The van der Waals surface area contributed by atoms with Gasteiger partial charge in [-0.25, -0.2) is 4.79 Å². The van der Waals surface area contributed by atoms with Gasteiger partial charge in [-0.2, -0.15) is 0 Å². The van der Waals surface area contributed by atoms with Crippen molar-refractivity contribution in [2.24, 2.45) is 0 Å². The molecule has 2 aromatic rings. The summed E-state index contributed by atoms with van der Waals surface area (Å²) < 4.78 is 4.75. The Balaban J connectivity index is 2.58. The van der Waals surface area contributed by atoms with E-state index in [-0.39, 0.29) is 11.3 Å². The predicted octanol–water partition coefficient (Wildman–Crippen LogP) is 3.29. The SMILES string of the molecule is COC(=O)/C(=C(\O)c1ccccc1)c1ccccc1. The van der Waals surface area contributed by atoms with Crippen LogP contribution in [0.25, 0.3) is 11.3 Å². The maximum atomic E-state index is 11.9. The summed E-state index contributed by atoms with van der Waals surface area (Å²) in [5.74, 6) is -0.647. The van der Waals surface area contributed by atoms with Gasteiger partial charge in [0.1, 0.15) is 11.3 Å². The fraction of sp³-hybridized carbons (Fsp3) is 0.0625. The topological polar surface area (TPSA) is 46.5 Å². The number of benzene rings is 2. The van der Waals surface area contributed by atoms with Gasteiger partial charge in [0.05, 0.1) is 7.11 Å². The van der Waals surface area contributed by atoms with Crippen LogP contribution in [0.15, 0.2) is 60.7 Å². The van der Waals surface area contributed by atoms with Gasteiger partial charge >= 0.3 is 5.97 Å². The predicted molar refractivity (Wildman–Crippen MR) is 74.3 cm³/mol. The fourth-order valence-electron chi connectivity index (χ4n) is 1.80. The lowest BCUT2D eigenvalue weighted by atomic mass is 10.0. The Kier molecular flexibility index (Phi) is 3.98. The van der Waals surface area contributed by atoms with Crippen LogP contribution in [-0.4, -0.2) is 18.2 Å². The summed E-state index contributed by atoms with van der Waals surface area (Å²) in [4.78, 5) is 11.9. The van der Waals surface area contributed by atoms with Crippen LogP contribution in [0.1, 0.15) is 11.1 Å². The standard InChI is InChI=1S/C16H14O3/c1-19-16(18)14(12-8-4-2-5-9-12)15(17)13-10-6-3-7-11-13/h2-11,17H,1H3/b15-14-. The molecule has 0 bridgehead atoms. The van der Waals surface area contributed by atoms with E-state index in [0.29, 0.717) is 11.1 Å². The van der Waals surface area contributed by atoms with Gasteiger partial charge in [0.2, 0.25) is 0 Å². The molecule has 0 unspecified atom stereocenters. The zero-order valence-electron chi connectivity index (χ0n) is 10.5. The Morgan fingerprint density at radius 3 is 1.84 bits per heavy atom. The highest BCUT2D eigenvalue weighted by Gasteiger charge is 2.18. The largest absolute Gasteiger partial charge is 0.506 e. The van der Waals surface area contributed by atoms with Gasteiger partial charge in [0.25, 0.3) is 0 Å². The fourth-order valence-corrected chi connectivity index (χ4v) is 1.80. The summed E-state index contributed by atoms with van der Waals surface area (Å²) in [6, 6.07) is 17.9. The van der Waals surface area contributed by atoms with Gasteiger partial charge in [0, 0.05) is 5.56 Å². The Bertz CT molecular complexity index is 586. The van der Waals surface area contributed by atoms with Gasteiger partial charge in [-0.15, -0.1) is 0 Å². The maximum Gasteiger partial charge on any atom is 0.342 e. The summed E-state index contributed by atoms with van der Waals surface area (Å²) in [6.07, 6.45) is 0. The Labute approximate surface area is 111 Å². The molecule has 0 aromatic heterocycles. The highest BCUT2D eigenvalue weighted by Crippen LogP contribution is 2.25. The van der Waals surface area contributed by atoms with Crippen LogP contribution in [0.3, 0.4) is 0 Å². The number of ether oxygens (including phenoxy) is 1. The van der Waals surface area contributed by atoms with Crippen LogP contribution >= 0.6 is 0 Å². The van der Waals surface area contributed by atoms with Crippen LogP contribution in [0, 0.1) is 0 Å². The third kappa shape index (κ3) is 2.83. The van der Waals surface area contributed by atoms with E-state index in [1.54, 1.807) is 48.5 Å². The minimum atomic E-state index is -0.562. The average Bonchev–Trinajstić information content (AvgIpc) is 2.49. The minimum absolute atomic E-state index is 0.0846. The molecule has 3 heteroatoms. The Morgan fingerprint density at radius 1 is 0.895 bits per heavy atom. The highest BCUT2D eigenvalue weighted by atomic mass is 16.5. The lowest BCUT2D eigenvalue weighted by Crippen LogP contribution is -2.06. The number of hydrogen-bond donors (Lipinski definition) is 1. The van der Waals surface area contributed by atoms with Gasteiger partial charge in [-0.3, -0.25) is 0 Å². The molecular weight excluding hydrogens is 240 g/mol. The molecule has 1 N–H and O–H groups in total. The molecule has 2 aromatic carbocycles. The number of methoxy groups -OCH3 is 1. The van der Waals surface area contributed by atoms with Crippen molar-refractivity contribution >= 4 is 17.3 Å². The lowest BCUT2D eigenvalue weighted by molar-refractivity contribution is -0.133. The summed E-state index contributed by atoms with van der Waals surface area (Å²) in [5.41, 5.74) is 1.36. The molecule has 0 saturated carbocycles. The summed E-state index contributed by atoms with van der Waals surface area (Å²) in [6.45, 7) is 0. The van der Waals surface area contributed by atoms with Crippen molar-refractivity contribution in [3.05, 3.63) is 71.8 Å². The molecule has 96 valence electrons. The number of rotatable bonds is 3. The molecule has 2 rings (SSSR count). The van der Waals surface area contributed by atoms with Crippen molar-refractivity contribution in [1.82, 2.24) is 0 Å². The van der Waals surface area contributed by atoms with Crippen molar-refractivity contribution in [3.63, 3.8) is 0 Å². The third-order valence-electron chi connectivity index (χ3n) is 2.74. The zero-order valence-corrected chi connectivity index (χ0v) is 10.5. The number of aliphatic hydroxyl groups is 1. The molecule has 3 nitrogen and oxygen atoms in total. The van der Waals surface area contributed by atoms with Crippen molar-refractivity contribution < 1.29 is 14.6 Å². The quantitative estimate of drug-likeness (QED) is 0.395. The first-order valence-corrected chi connectivity index (χ1v) is 5.86. The second-order valence-corrected chi connectivity index (χ2v) is 3.95. The summed E-state index contributed by atoms with van der Waals surface area (Å²) >= 11 is 0. The molecule has 0 aliphatic carbocycles. The van der Waals surface area contributed by atoms with Gasteiger partial charge in [-0.05, 0) is 5.56 Å². The van der Waals surface area contributed by atoms with E-state index in [2.05, 4.69) is 0 Å². The molecule has 0 heterocycles. The van der Waals surface area contributed by atoms with Crippen molar-refractivity contribution in [3.8, 4) is 0 Å². The number of esters is 1. The molecule has 0 spiro atoms. The smallest absolute Gasteiger partial charge is 0.342 e. The number of carbonyl (C=O) groups is 1. The Hall–Kier alpha value is -2.55. The van der Waals surface area contributed by atoms with Crippen LogP contribution < -0.4 is 0 Å². The van der Waals surface area contributed by atoms with Crippen molar-refractivity contribution in [1.29, 1.82) is 0 Å². The maximum absolute atomic E-state index is 11.9. The van der Waals surface area contributed by atoms with Crippen LogP contribution in [0.5, 0.6) is 0 Å². The molecule has 0 atom stereocenters. The van der Waals surface area contributed by atoms with E-state index in [1.807, 2.05) is 12.1 Å². The third-order valence-corrected chi connectivity index (χ3v) is 2.74. The van der Waals surface area contributed by atoms with E-state index < -0.39 is 5.97 Å². The van der Waals surface area contributed by atoms with E-state index in [4.69, 9.17) is 4.74 Å². The van der Waals surface area contributed by atoms with Crippen molar-refractivity contribution in [2.45, 2.75) is 0 Å². The second kappa shape index (κ2) is 5.87. The molecular formula is C16H14O3. The molecule has 0 fully saturated rings. The van der Waals surface area contributed by atoms with Gasteiger partial charge in [0.15, 0.2) is 0 Å². The van der Waals surface area contributed by atoms with Gasteiger partial charge < -0.3 is 9.84 Å². The molecule has 0 aliphatic rings. The highest BCUT2D eigenvalue weighted by molar-refractivity contribution is 6.23. The van der Waals surface area contributed by atoms with Crippen molar-refractivity contribution in [2.75, 3.05) is 7.11 Å². The first-order valence-electron chi connectivity index (χ1n) is 5.86. The molecule has 0 amide bonds. The first kappa shape index (κ1) is 12.9. The van der Waals surface area contributed by atoms with E-state index in [1.165, 1.54) is 7.11 Å². The van der Waals surface area contributed by atoms with E-state index in [9.17, 15) is 9.90 Å². The average molecular weight is 254 g/mol. The zero-order chi connectivity index (χ0) is 13.7. The first-order chi connectivity index (χ1) is 9.24. The second-order valence-electron chi connectivity index (χ2n) is 3.95.